The second-order valence-electron chi connectivity index (χ2n) is 5.24. The molecule has 0 spiro atoms. The molecule has 0 N–H and O–H groups in total. The number of rotatable bonds is 5. The lowest BCUT2D eigenvalue weighted by molar-refractivity contribution is 0.0472. The number of carbonyl (C=O) groups excluding carboxylic acids is 1. The van der Waals surface area contributed by atoms with Crippen molar-refractivity contribution >= 4 is 29.5 Å². The quantitative estimate of drug-likeness (QED) is 0.721. The number of esters is 1. The monoisotopic (exact) mass is 364 g/mol. The summed E-state index contributed by atoms with van der Waals surface area (Å²) in [6, 6.07) is 12.0. The van der Waals surface area contributed by atoms with Gasteiger partial charge in [0, 0.05) is 11.5 Å². The SMILES string of the molecule is COc1ccc(COC(=O)c2ccc(C3SCCS3)cc2)cc1F. The van der Waals surface area contributed by atoms with Crippen LogP contribution in [0.3, 0.4) is 0 Å². The molecule has 6 heteroatoms. The maximum Gasteiger partial charge on any atom is 0.338 e. The van der Waals surface area contributed by atoms with Gasteiger partial charge in [-0.25, -0.2) is 9.18 Å². The Hall–Kier alpha value is -1.66. The Morgan fingerprint density at radius 3 is 2.50 bits per heavy atom. The van der Waals surface area contributed by atoms with Gasteiger partial charge in [-0.05, 0) is 35.4 Å². The molecule has 1 heterocycles. The maximum absolute atomic E-state index is 13.6. The Kier molecular flexibility index (Phi) is 5.68. The summed E-state index contributed by atoms with van der Waals surface area (Å²) in [5.41, 5.74) is 2.30. The minimum absolute atomic E-state index is 0.0236. The summed E-state index contributed by atoms with van der Waals surface area (Å²) in [5.74, 6) is 1.62. The Balaban J connectivity index is 1.59. The van der Waals surface area contributed by atoms with E-state index in [9.17, 15) is 9.18 Å². The summed E-state index contributed by atoms with van der Waals surface area (Å²) in [6.45, 7) is 0.0236. The average Bonchev–Trinajstić information content (AvgIpc) is 3.14. The Morgan fingerprint density at radius 2 is 1.88 bits per heavy atom. The van der Waals surface area contributed by atoms with Crippen LogP contribution in [0.2, 0.25) is 0 Å². The van der Waals surface area contributed by atoms with Crippen molar-refractivity contribution in [1.82, 2.24) is 0 Å². The third-order valence-electron chi connectivity index (χ3n) is 3.63. The van der Waals surface area contributed by atoms with Gasteiger partial charge in [-0.2, -0.15) is 0 Å². The Bertz CT molecular complexity index is 713. The summed E-state index contributed by atoms with van der Waals surface area (Å²) < 4.78 is 24.2. The van der Waals surface area contributed by atoms with Crippen molar-refractivity contribution in [3.63, 3.8) is 0 Å². The van der Waals surface area contributed by atoms with Crippen molar-refractivity contribution < 1.29 is 18.7 Å². The van der Waals surface area contributed by atoms with Gasteiger partial charge < -0.3 is 9.47 Å². The van der Waals surface area contributed by atoms with Crippen molar-refractivity contribution in [3.8, 4) is 5.75 Å². The summed E-state index contributed by atoms with van der Waals surface area (Å²) in [6.07, 6.45) is 0. The van der Waals surface area contributed by atoms with Gasteiger partial charge in [-0.3, -0.25) is 0 Å². The van der Waals surface area contributed by atoms with Crippen LogP contribution in [0.5, 0.6) is 5.75 Å². The fraction of sp³-hybridized carbons (Fsp3) is 0.278. The van der Waals surface area contributed by atoms with E-state index in [1.54, 1.807) is 18.2 Å². The van der Waals surface area contributed by atoms with Gasteiger partial charge in [-0.1, -0.05) is 18.2 Å². The highest BCUT2D eigenvalue weighted by Gasteiger charge is 2.18. The topological polar surface area (TPSA) is 35.5 Å². The van der Waals surface area contributed by atoms with Gasteiger partial charge in [0.05, 0.1) is 17.3 Å². The zero-order valence-electron chi connectivity index (χ0n) is 13.2. The second-order valence-corrected chi connectivity index (χ2v) is 7.96. The fourth-order valence-corrected chi connectivity index (χ4v) is 5.22. The highest BCUT2D eigenvalue weighted by molar-refractivity contribution is 8.19. The summed E-state index contributed by atoms with van der Waals surface area (Å²) >= 11 is 3.85. The van der Waals surface area contributed by atoms with Crippen LogP contribution < -0.4 is 4.74 Å². The third-order valence-corrected chi connectivity index (χ3v) is 6.73. The van der Waals surface area contributed by atoms with E-state index in [1.165, 1.54) is 24.8 Å². The molecule has 3 nitrogen and oxygen atoms in total. The number of methoxy groups -OCH3 is 1. The smallest absolute Gasteiger partial charge is 0.338 e. The van der Waals surface area contributed by atoms with Crippen LogP contribution in [-0.2, 0) is 11.3 Å². The molecule has 0 aliphatic carbocycles. The van der Waals surface area contributed by atoms with Crippen molar-refractivity contribution in [2.45, 2.75) is 11.2 Å². The Morgan fingerprint density at radius 1 is 1.17 bits per heavy atom. The number of benzene rings is 2. The number of hydrogen-bond acceptors (Lipinski definition) is 5. The number of halogens is 1. The molecule has 0 radical (unpaired) electrons. The lowest BCUT2D eigenvalue weighted by Crippen LogP contribution is -2.05. The van der Waals surface area contributed by atoms with Crippen LogP contribution >= 0.6 is 23.5 Å². The maximum atomic E-state index is 13.6. The van der Waals surface area contributed by atoms with Crippen molar-refractivity contribution in [2.24, 2.45) is 0 Å². The number of thioether (sulfide) groups is 2. The van der Waals surface area contributed by atoms with Crippen LogP contribution in [0.15, 0.2) is 42.5 Å². The van der Waals surface area contributed by atoms with Gasteiger partial charge in [0.15, 0.2) is 11.6 Å². The molecule has 0 bridgehead atoms. The molecular formula is C18H17FO3S2. The zero-order valence-corrected chi connectivity index (χ0v) is 14.8. The minimum atomic E-state index is -0.470. The molecule has 1 aliphatic rings. The molecule has 0 unspecified atom stereocenters. The molecule has 3 rings (SSSR count). The molecular weight excluding hydrogens is 347 g/mol. The first-order chi connectivity index (χ1) is 11.7. The minimum Gasteiger partial charge on any atom is -0.494 e. The van der Waals surface area contributed by atoms with Crippen LogP contribution in [0.25, 0.3) is 0 Å². The predicted molar refractivity (Wildman–Crippen MR) is 96.2 cm³/mol. The Labute approximate surface area is 148 Å². The van der Waals surface area contributed by atoms with Crippen molar-refractivity contribution in [2.75, 3.05) is 18.6 Å². The molecule has 126 valence electrons. The van der Waals surface area contributed by atoms with E-state index >= 15 is 0 Å². The fourth-order valence-electron chi connectivity index (χ4n) is 2.36. The standard InChI is InChI=1S/C18H17FO3S2/c1-21-16-7-2-12(10-15(16)19)11-22-17(20)13-3-5-14(6-4-13)18-23-8-9-24-18/h2-7,10,18H,8-9,11H2,1H3. The molecule has 24 heavy (non-hydrogen) atoms. The second kappa shape index (κ2) is 7.94. The van der Waals surface area contributed by atoms with E-state index in [4.69, 9.17) is 9.47 Å². The van der Waals surface area contributed by atoms with Crippen molar-refractivity contribution in [1.29, 1.82) is 0 Å². The lowest BCUT2D eigenvalue weighted by atomic mass is 10.1. The lowest BCUT2D eigenvalue weighted by Gasteiger charge is -2.10. The normalized spacial score (nSPS) is 14.6. The average molecular weight is 364 g/mol. The van der Waals surface area contributed by atoms with E-state index in [-0.39, 0.29) is 12.4 Å². The third kappa shape index (κ3) is 4.05. The highest BCUT2D eigenvalue weighted by atomic mass is 32.2. The van der Waals surface area contributed by atoms with Crippen LogP contribution in [0, 0.1) is 5.82 Å². The number of carbonyl (C=O) groups is 1. The van der Waals surface area contributed by atoms with E-state index in [2.05, 4.69) is 0 Å². The zero-order chi connectivity index (χ0) is 16.9. The van der Waals surface area contributed by atoms with Crippen LogP contribution in [-0.4, -0.2) is 24.6 Å². The molecule has 1 aliphatic heterocycles. The largest absolute Gasteiger partial charge is 0.494 e. The predicted octanol–water partition coefficient (Wildman–Crippen LogP) is 4.67. The van der Waals surface area contributed by atoms with Gasteiger partial charge in [-0.15, -0.1) is 23.5 Å². The summed E-state index contributed by atoms with van der Waals surface area (Å²) in [7, 11) is 1.41. The van der Waals surface area contributed by atoms with Crippen molar-refractivity contribution in [3.05, 3.63) is 65.0 Å². The highest BCUT2D eigenvalue weighted by Crippen LogP contribution is 2.45. The molecule has 1 fully saturated rings. The van der Waals surface area contributed by atoms with Crippen LogP contribution in [0.1, 0.15) is 26.1 Å². The molecule has 2 aromatic carbocycles. The summed E-state index contributed by atoms with van der Waals surface area (Å²) in [5, 5.41) is 0. The molecule has 0 atom stereocenters. The number of ether oxygens (including phenoxy) is 2. The van der Waals surface area contributed by atoms with Crippen LogP contribution in [0.4, 0.5) is 4.39 Å². The summed E-state index contributed by atoms with van der Waals surface area (Å²) in [4.78, 5) is 12.1. The molecule has 0 amide bonds. The molecule has 2 aromatic rings. The van der Waals surface area contributed by atoms with Gasteiger partial charge in [0.2, 0.25) is 0 Å². The van der Waals surface area contributed by atoms with Gasteiger partial charge in [0.1, 0.15) is 6.61 Å². The first-order valence-electron chi connectivity index (χ1n) is 7.50. The number of hydrogen-bond donors (Lipinski definition) is 0. The molecule has 0 aromatic heterocycles. The van der Waals surface area contributed by atoms with E-state index < -0.39 is 11.8 Å². The molecule has 1 saturated heterocycles. The first-order valence-corrected chi connectivity index (χ1v) is 9.60. The van der Waals surface area contributed by atoms with Gasteiger partial charge in [0.25, 0.3) is 0 Å². The first kappa shape index (κ1) is 17.2. The van der Waals surface area contributed by atoms with Gasteiger partial charge >= 0.3 is 5.97 Å². The van der Waals surface area contributed by atoms with E-state index in [1.807, 2.05) is 35.7 Å². The van der Waals surface area contributed by atoms with E-state index in [0.717, 1.165) is 11.5 Å². The molecule has 0 saturated carbocycles. The van der Waals surface area contributed by atoms with E-state index in [0.29, 0.717) is 15.7 Å².